The molecule has 0 saturated carbocycles. The summed E-state index contributed by atoms with van der Waals surface area (Å²) in [7, 11) is 2.05. The van der Waals surface area contributed by atoms with Crippen molar-refractivity contribution in [3.8, 4) is 6.07 Å². The zero-order chi connectivity index (χ0) is 8.72. The molecule has 1 aliphatic heterocycles. The number of nitrogen functional groups attached to an aromatic ring is 1. The quantitative estimate of drug-likeness (QED) is 0.650. The molecule has 2 N–H and O–H groups in total. The maximum Gasteiger partial charge on any atom is 0.104 e. The Morgan fingerprint density at radius 2 is 2.33 bits per heavy atom. The van der Waals surface area contributed by atoms with Crippen molar-refractivity contribution in [1.82, 2.24) is 4.90 Å². The zero-order valence-corrected chi connectivity index (χ0v) is 7.61. The monoisotopic (exact) mass is 179 g/mol. The van der Waals surface area contributed by atoms with E-state index in [0.29, 0.717) is 10.6 Å². The molecule has 0 aromatic carbocycles. The molecule has 0 aliphatic carbocycles. The number of hydrogen-bond acceptors (Lipinski definition) is 4. The highest BCUT2D eigenvalue weighted by molar-refractivity contribution is 7.16. The average molecular weight is 179 g/mol. The Morgan fingerprint density at radius 3 is 3.00 bits per heavy atom. The maximum atomic E-state index is 8.82. The highest BCUT2D eigenvalue weighted by Crippen LogP contribution is 2.35. The molecule has 0 radical (unpaired) electrons. The van der Waals surface area contributed by atoms with Crippen molar-refractivity contribution >= 4 is 16.3 Å². The molecule has 0 unspecified atom stereocenters. The molecule has 1 aromatic heterocycles. The van der Waals surface area contributed by atoms with Crippen molar-refractivity contribution in [1.29, 1.82) is 5.26 Å². The Bertz CT molecular complexity index is 361. The summed E-state index contributed by atoms with van der Waals surface area (Å²) < 4.78 is 0. The third-order valence-electron chi connectivity index (χ3n) is 2.07. The van der Waals surface area contributed by atoms with E-state index in [4.69, 9.17) is 11.0 Å². The van der Waals surface area contributed by atoms with Crippen LogP contribution in [0.25, 0.3) is 0 Å². The number of rotatable bonds is 0. The van der Waals surface area contributed by atoms with Gasteiger partial charge in [0.05, 0.1) is 5.56 Å². The van der Waals surface area contributed by atoms with Crippen molar-refractivity contribution in [3.05, 3.63) is 16.0 Å². The van der Waals surface area contributed by atoms with Crippen LogP contribution in [0.5, 0.6) is 0 Å². The second kappa shape index (κ2) is 2.47. The minimum atomic E-state index is 0.676. The Balaban J connectivity index is 2.53. The Morgan fingerprint density at radius 1 is 1.58 bits per heavy atom. The van der Waals surface area contributed by atoms with Gasteiger partial charge in [0.25, 0.3) is 0 Å². The van der Waals surface area contributed by atoms with Crippen molar-refractivity contribution in [3.63, 3.8) is 0 Å². The highest BCUT2D eigenvalue weighted by Gasteiger charge is 2.23. The fourth-order valence-electron chi connectivity index (χ4n) is 1.52. The first-order valence-electron chi connectivity index (χ1n) is 3.71. The summed E-state index contributed by atoms with van der Waals surface area (Å²) in [6, 6.07) is 2.15. The molecule has 0 atom stereocenters. The van der Waals surface area contributed by atoms with E-state index in [0.717, 1.165) is 18.7 Å². The lowest BCUT2D eigenvalue weighted by atomic mass is 10.2. The second-order valence-electron chi connectivity index (χ2n) is 3.03. The molecule has 0 amide bonds. The van der Waals surface area contributed by atoms with Gasteiger partial charge in [-0.3, -0.25) is 4.90 Å². The molecule has 0 bridgehead atoms. The van der Waals surface area contributed by atoms with Crippen LogP contribution in [0, 0.1) is 11.3 Å². The summed E-state index contributed by atoms with van der Waals surface area (Å²) in [5, 5.41) is 9.49. The number of hydrogen-bond donors (Lipinski definition) is 1. The molecule has 1 aromatic rings. The van der Waals surface area contributed by atoms with Gasteiger partial charge in [-0.2, -0.15) is 5.26 Å². The maximum absolute atomic E-state index is 8.82. The molecular formula is C8H9N3S. The predicted octanol–water partition coefficient (Wildman–Crippen LogP) is 1.15. The zero-order valence-electron chi connectivity index (χ0n) is 6.79. The van der Waals surface area contributed by atoms with Gasteiger partial charge in [0.2, 0.25) is 0 Å². The van der Waals surface area contributed by atoms with E-state index in [1.54, 1.807) is 11.3 Å². The average Bonchev–Trinajstić information content (AvgIpc) is 2.43. The molecule has 12 heavy (non-hydrogen) atoms. The van der Waals surface area contributed by atoms with Crippen molar-refractivity contribution < 1.29 is 0 Å². The van der Waals surface area contributed by atoms with Gasteiger partial charge in [0, 0.05) is 23.5 Å². The van der Waals surface area contributed by atoms with E-state index in [-0.39, 0.29) is 0 Å². The summed E-state index contributed by atoms with van der Waals surface area (Å²) in [4.78, 5) is 3.44. The topological polar surface area (TPSA) is 53.0 Å². The number of thiophene rings is 1. The van der Waals surface area contributed by atoms with Crippen molar-refractivity contribution in [2.45, 2.75) is 13.1 Å². The summed E-state index contributed by atoms with van der Waals surface area (Å²) in [6.07, 6.45) is 0. The molecule has 0 spiro atoms. The van der Waals surface area contributed by atoms with Gasteiger partial charge in [-0.25, -0.2) is 0 Å². The first kappa shape index (κ1) is 7.59. The van der Waals surface area contributed by atoms with Crippen LogP contribution in [0.2, 0.25) is 0 Å². The molecule has 2 rings (SSSR count). The van der Waals surface area contributed by atoms with Crippen molar-refractivity contribution in [2.24, 2.45) is 0 Å². The SMILES string of the molecule is CN1Cc2sc(N)c(C#N)c2C1. The molecule has 4 heteroatoms. The molecule has 62 valence electrons. The van der Waals surface area contributed by atoms with Gasteiger partial charge in [-0.05, 0) is 7.05 Å². The Labute approximate surface area is 75.0 Å². The standard InChI is InChI=1S/C8H9N3S/c1-11-3-6-5(2-9)8(10)12-7(6)4-11/h3-4,10H2,1H3. The Hall–Kier alpha value is -1.05. The second-order valence-corrected chi connectivity index (χ2v) is 4.16. The number of nitriles is 1. The fourth-order valence-corrected chi connectivity index (χ4v) is 2.63. The van der Waals surface area contributed by atoms with Crippen LogP contribution in [0.4, 0.5) is 5.00 Å². The minimum Gasteiger partial charge on any atom is -0.389 e. The predicted molar refractivity (Wildman–Crippen MR) is 48.6 cm³/mol. The van der Waals surface area contributed by atoms with Gasteiger partial charge >= 0.3 is 0 Å². The summed E-state index contributed by atoms with van der Waals surface area (Å²) >= 11 is 1.55. The first-order chi connectivity index (χ1) is 5.72. The smallest absolute Gasteiger partial charge is 0.104 e. The van der Waals surface area contributed by atoms with Crippen LogP contribution < -0.4 is 5.73 Å². The van der Waals surface area contributed by atoms with Gasteiger partial charge in [-0.1, -0.05) is 0 Å². The first-order valence-corrected chi connectivity index (χ1v) is 4.52. The van der Waals surface area contributed by atoms with Gasteiger partial charge in [-0.15, -0.1) is 11.3 Å². The van der Waals surface area contributed by atoms with Gasteiger partial charge in [0.15, 0.2) is 0 Å². The van der Waals surface area contributed by atoms with E-state index < -0.39 is 0 Å². The van der Waals surface area contributed by atoms with E-state index in [2.05, 4.69) is 11.0 Å². The normalized spacial score (nSPS) is 16.0. The van der Waals surface area contributed by atoms with E-state index in [1.807, 2.05) is 7.05 Å². The minimum absolute atomic E-state index is 0.676. The van der Waals surface area contributed by atoms with Gasteiger partial charge in [0.1, 0.15) is 11.1 Å². The van der Waals surface area contributed by atoms with Crippen LogP contribution in [0.1, 0.15) is 16.0 Å². The van der Waals surface area contributed by atoms with Crippen LogP contribution in [-0.4, -0.2) is 11.9 Å². The third-order valence-corrected chi connectivity index (χ3v) is 3.12. The van der Waals surface area contributed by atoms with Crippen LogP contribution in [0.3, 0.4) is 0 Å². The molecule has 0 saturated heterocycles. The number of anilines is 1. The number of fused-ring (bicyclic) bond motifs is 1. The van der Waals surface area contributed by atoms with Crippen molar-refractivity contribution in [2.75, 3.05) is 12.8 Å². The van der Waals surface area contributed by atoms with Gasteiger partial charge < -0.3 is 5.73 Å². The van der Waals surface area contributed by atoms with E-state index in [9.17, 15) is 0 Å². The molecule has 1 aliphatic rings. The van der Waals surface area contributed by atoms with Crippen LogP contribution >= 0.6 is 11.3 Å². The summed E-state index contributed by atoms with van der Waals surface area (Å²) in [5.74, 6) is 0. The van der Waals surface area contributed by atoms with E-state index in [1.165, 1.54) is 4.88 Å². The summed E-state index contributed by atoms with van der Waals surface area (Å²) in [5.41, 5.74) is 7.52. The number of nitrogens with zero attached hydrogens (tertiary/aromatic N) is 2. The van der Waals surface area contributed by atoms with Crippen LogP contribution in [0.15, 0.2) is 0 Å². The lowest BCUT2D eigenvalue weighted by molar-refractivity contribution is 0.354. The lowest BCUT2D eigenvalue weighted by Gasteiger charge is -2.04. The molecule has 0 fully saturated rings. The van der Waals surface area contributed by atoms with Crippen LogP contribution in [-0.2, 0) is 13.1 Å². The molecule has 2 heterocycles. The largest absolute Gasteiger partial charge is 0.389 e. The third kappa shape index (κ3) is 0.909. The molecular weight excluding hydrogens is 170 g/mol. The van der Waals surface area contributed by atoms with E-state index >= 15 is 0 Å². The lowest BCUT2D eigenvalue weighted by Crippen LogP contribution is -2.08. The molecule has 3 nitrogen and oxygen atoms in total. The highest BCUT2D eigenvalue weighted by atomic mass is 32.1. The number of nitrogens with two attached hydrogens (primary N) is 1. The fraction of sp³-hybridized carbons (Fsp3) is 0.375. The summed E-state index contributed by atoms with van der Waals surface area (Å²) in [6.45, 7) is 1.80. The Kier molecular flexibility index (Phi) is 1.56.